The number of likely N-dealkylation sites (N-methyl/N-ethyl adjacent to an activating group) is 1. The summed E-state index contributed by atoms with van der Waals surface area (Å²) in [6, 6.07) is 4.10. The van der Waals surface area contributed by atoms with Crippen molar-refractivity contribution in [1.29, 1.82) is 0 Å². The van der Waals surface area contributed by atoms with E-state index in [1.54, 1.807) is 0 Å². The molecule has 0 unspecified atom stereocenters. The van der Waals surface area contributed by atoms with Crippen molar-refractivity contribution < 1.29 is 14.3 Å². The first-order valence-electron chi connectivity index (χ1n) is 6.09. The first kappa shape index (κ1) is 12.0. The maximum absolute atomic E-state index is 13.4. The Bertz CT molecular complexity index is 685. The summed E-state index contributed by atoms with van der Waals surface area (Å²) < 4.78 is 13.4. The second-order valence-corrected chi connectivity index (χ2v) is 4.87. The lowest BCUT2D eigenvalue weighted by Gasteiger charge is -2.26. The van der Waals surface area contributed by atoms with Crippen molar-refractivity contribution in [3.05, 3.63) is 40.8 Å². The Morgan fingerprint density at radius 3 is 3.00 bits per heavy atom. The molecule has 1 aromatic heterocycles. The monoisotopic (exact) mass is 260 g/mol. The number of hydrogen-bond acceptors (Lipinski definition) is 3. The van der Waals surface area contributed by atoms with Crippen LogP contribution in [0.3, 0.4) is 0 Å². The number of carboxylic acids is 1. The lowest BCUT2D eigenvalue weighted by atomic mass is 9.96. The van der Waals surface area contributed by atoms with Crippen molar-refractivity contribution in [3.8, 4) is 0 Å². The third-order valence-electron chi connectivity index (χ3n) is 3.51. The van der Waals surface area contributed by atoms with Crippen molar-refractivity contribution in [2.75, 3.05) is 13.6 Å². The molecule has 1 aromatic carbocycles. The Morgan fingerprint density at radius 1 is 1.47 bits per heavy atom. The molecule has 0 aliphatic carbocycles. The molecule has 4 nitrogen and oxygen atoms in total. The minimum absolute atomic E-state index is 0.186. The van der Waals surface area contributed by atoms with Gasteiger partial charge in [0.05, 0.1) is 11.1 Å². The minimum atomic E-state index is -1.02. The summed E-state index contributed by atoms with van der Waals surface area (Å²) >= 11 is 0. The van der Waals surface area contributed by atoms with E-state index in [2.05, 4.69) is 4.98 Å². The predicted molar refractivity (Wildman–Crippen MR) is 68.7 cm³/mol. The fourth-order valence-corrected chi connectivity index (χ4v) is 2.59. The van der Waals surface area contributed by atoms with Crippen molar-refractivity contribution in [1.82, 2.24) is 9.88 Å². The van der Waals surface area contributed by atoms with Crippen LogP contribution in [0.15, 0.2) is 18.2 Å². The highest BCUT2D eigenvalue weighted by atomic mass is 19.1. The fourth-order valence-electron chi connectivity index (χ4n) is 2.59. The van der Waals surface area contributed by atoms with Crippen LogP contribution in [0.5, 0.6) is 0 Å². The molecular formula is C14H13FN2O2. The molecule has 1 N–H and O–H groups in total. The number of halogens is 1. The molecule has 1 aliphatic rings. The molecule has 2 aromatic rings. The summed E-state index contributed by atoms with van der Waals surface area (Å²) in [6.45, 7) is 1.39. The van der Waals surface area contributed by atoms with Crippen LogP contribution in [0, 0.1) is 5.82 Å². The Morgan fingerprint density at radius 2 is 2.26 bits per heavy atom. The van der Waals surface area contributed by atoms with Crippen LogP contribution in [0.2, 0.25) is 0 Å². The molecule has 0 saturated heterocycles. The molecule has 0 atom stereocenters. The largest absolute Gasteiger partial charge is 0.478 e. The van der Waals surface area contributed by atoms with E-state index in [-0.39, 0.29) is 5.56 Å². The molecule has 5 heteroatoms. The molecule has 0 amide bonds. The maximum atomic E-state index is 13.4. The van der Waals surface area contributed by atoms with Crippen molar-refractivity contribution in [3.63, 3.8) is 0 Å². The highest BCUT2D eigenvalue weighted by molar-refractivity contribution is 6.04. The van der Waals surface area contributed by atoms with E-state index in [4.69, 9.17) is 0 Å². The van der Waals surface area contributed by atoms with Gasteiger partial charge in [-0.15, -0.1) is 0 Å². The molecule has 2 heterocycles. The first-order valence-corrected chi connectivity index (χ1v) is 6.09. The second-order valence-electron chi connectivity index (χ2n) is 4.87. The van der Waals surface area contributed by atoms with Crippen LogP contribution in [0.25, 0.3) is 10.9 Å². The van der Waals surface area contributed by atoms with Gasteiger partial charge in [0.25, 0.3) is 0 Å². The molecule has 0 bridgehead atoms. The second kappa shape index (κ2) is 4.28. The van der Waals surface area contributed by atoms with E-state index in [1.807, 2.05) is 11.9 Å². The van der Waals surface area contributed by atoms with Crippen LogP contribution < -0.4 is 0 Å². The molecule has 0 fully saturated rings. The molecular weight excluding hydrogens is 247 g/mol. The average Bonchev–Trinajstić information content (AvgIpc) is 2.35. The van der Waals surface area contributed by atoms with Crippen molar-refractivity contribution in [2.45, 2.75) is 13.0 Å². The maximum Gasteiger partial charge on any atom is 0.336 e. The van der Waals surface area contributed by atoms with Gasteiger partial charge in [0.15, 0.2) is 0 Å². The van der Waals surface area contributed by atoms with E-state index >= 15 is 0 Å². The zero-order valence-corrected chi connectivity index (χ0v) is 10.5. The smallest absolute Gasteiger partial charge is 0.336 e. The van der Waals surface area contributed by atoms with Crippen LogP contribution >= 0.6 is 0 Å². The van der Waals surface area contributed by atoms with E-state index < -0.39 is 11.8 Å². The predicted octanol–water partition coefficient (Wildman–Crippen LogP) is 2.06. The van der Waals surface area contributed by atoms with Crippen LogP contribution in [0.1, 0.15) is 21.6 Å². The number of carbonyl (C=O) groups is 1. The van der Waals surface area contributed by atoms with Crippen LogP contribution in [-0.4, -0.2) is 34.6 Å². The molecule has 1 aliphatic heterocycles. The number of nitrogens with zero attached hydrogens (tertiary/aromatic N) is 2. The van der Waals surface area contributed by atoms with Gasteiger partial charge in [0.1, 0.15) is 5.82 Å². The number of pyridine rings is 1. The lowest BCUT2D eigenvalue weighted by Crippen LogP contribution is -2.29. The lowest BCUT2D eigenvalue weighted by molar-refractivity contribution is 0.0696. The number of aromatic carboxylic acids is 1. The Balaban J connectivity index is 2.37. The van der Waals surface area contributed by atoms with Crippen LogP contribution in [-0.2, 0) is 13.0 Å². The third-order valence-corrected chi connectivity index (χ3v) is 3.51. The summed E-state index contributed by atoms with van der Waals surface area (Å²) in [6.07, 6.45) is 0.722. The number of hydrogen-bond donors (Lipinski definition) is 1. The Kier molecular flexibility index (Phi) is 2.71. The average molecular weight is 260 g/mol. The van der Waals surface area contributed by atoms with E-state index in [0.717, 1.165) is 18.7 Å². The number of fused-ring (bicyclic) bond motifs is 2. The van der Waals surface area contributed by atoms with Gasteiger partial charge in [-0.1, -0.05) is 0 Å². The normalized spacial score (nSPS) is 15.5. The summed E-state index contributed by atoms with van der Waals surface area (Å²) in [5, 5.41) is 9.82. The summed E-state index contributed by atoms with van der Waals surface area (Å²) in [5.41, 5.74) is 2.25. The molecule has 3 rings (SSSR count). The SMILES string of the molecule is CN1CCc2nc3ccc(F)cc3c(C(=O)O)c2C1. The molecule has 98 valence electrons. The van der Waals surface area contributed by atoms with Gasteiger partial charge in [-0.05, 0) is 25.2 Å². The summed E-state index contributed by atoms with van der Waals surface area (Å²) in [5.74, 6) is -1.47. The topological polar surface area (TPSA) is 53.4 Å². The van der Waals surface area contributed by atoms with Gasteiger partial charge in [-0.2, -0.15) is 0 Å². The van der Waals surface area contributed by atoms with E-state index in [1.165, 1.54) is 18.2 Å². The van der Waals surface area contributed by atoms with Gasteiger partial charge >= 0.3 is 5.97 Å². The minimum Gasteiger partial charge on any atom is -0.478 e. The van der Waals surface area contributed by atoms with Gasteiger partial charge in [-0.25, -0.2) is 9.18 Å². The van der Waals surface area contributed by atoms with Gasteiger partial charge in [0, 0.05) is 36.2 Å². The number of carboxylic acid groups (broad SMARTS) is 1. The van der Waals surface area contributed by atoms with E-state index in [0.29, 0.717) is 23.0 Å². The highest BCUT2D eigenvalue weighted by Crippen LogP contribution is 2.28. The molecule has 0 spiro atoms. The molecule has 0 saturated carbocycles. The van der Waals surface area contributed by atoms with Crippen molar-refractivity contribution in [2.24, 2.45) is 0 Å². The van der Waals surface area contributed by atoms with Gasteiger partial charge in [-0.3, -0.25) is 4.98 Å². The quantitative estimate of drug-likeness (QED) is 0.852. The summed E-state index contributed by atoms with van der Waals surface area (Å²) in [7, 11) is 1.93. The Labute approximate surface area is 109 Å². The fraction of sp³-hybridized carbons (Fsp3) is 0.286. The molecule has 0 radical (unpaired) electrons. The first-order chi connectivity index (χ1) is 9.06. The van der Waals surface area contributed by atoms with Crippen molar-refractivity contribution >= 4 is 16.9 Å². The third kappa shape index (κ3) is 1.96. The zero-order chi connectivity index (χ0) is 13.6. The number of benzene rings is 1. The Hall–Kier alpha value is -2.01. The zero-order valence-electron chi connectivity index (χ0n) is 10.5. The van der Waals surface area contributed by atoms with Gasteiger partial charge < -0.3 is 10.0 Å². The van der Waals surface area contributed by atoms with Gasteiger partial charge in [0.2, 0.25) is 0 Å². The van der Waals surface area contributed by atoms with E-state index in [9.17, 15) is 14.3 Å². The standard InChI is InChI=1S/C14H13FN2O2/c1-17-5-4-12-10(7-17)13(14(18)19)9-6-8(15)2-3-11(9)16-12/h2-3,6H,4-5,7H2,1H3,(H,18,19). The number of rotatable bonds is 1. The highest BCUT2D eigenvalue weighted by Gasteiger charge is 2.24. The van der Waals surface area contributed by atoms with Crippen LogP contribution in [0.4, 0.5) is 4.39 Å². The molecule has 19 heavy (non-hydrogen) atoms. The summed E-state index contributed by atoms with van der Waals surface area (Å²) in [4.78, 5) is 18.1. The number of aromatic nitrogens is 1.